The number of carbonyl (C=O) groups is 2. The van der Waals surface area contributed by atoms with Crippen LogP contribution in [0.4, 0.5) is 4.79 Å². The summed E-state index contributed by atoms with van der Waals surface area (Å²) < 4.78 is 10.7. The lowest BCUT2D eigenvalue weighted by Crippen LogP contribution is -2.41. The van der Waals surface area contributed by atoms with Crippen molar-refractivity contribution in [2.45, 2.75) is 45.8 Å². The van der Waals surface area contributed by atoms with Gasteiger partial charge in [-0.25, -0.2) is 14.3 Å². The van der Waals surface area contributed by atoms with E-state index in [1.165, 1.54) is 7.11 Å². The van der Waals surface area contributed by atoms with Gasteiger partial charge >= 0.3 is 12.1 Å². The molecule has 0 aliphatic carbocycles. The highest BCUT2D eigenvalue weighted by molar-refractivity contribution is 5.81. The molecular weight excluding hydrogens is 324 g/mol. The minimum atomic E-state index is -0.792. The van der Waals surface area contributed by atoms with E-state index in [4.69, 9.17) is 9.47 Å². The lowest BCUT2D eigenvalue weighted by Gasteiger charge is -2.16. The van der Waals surface area contributed by atoms with Crippen LogP contribution in [0.3, 0.4) is 0 Å². The summed E-state index contributed by atoms with van der Waals surface area (Å²) >= 11 is 0. The van der Waals surface area contributed by atoms with Gasteiger partial charge in [-0.05, 0) is 18.4 Å². The van der Waals surface area contributed by atoms with Crippen LogP contribution in [-0.4, -0.2) is 42.2 Å². The van der Waals surface area contributed by atoms with E-state index < -0.39 is 18.1 Å². The van der Waals surface area contributed by atoms with Crippen LogP contribution in [-0.2, 0) is 20.9 Å². The number of amides is 1. The number of nitrogens with one attached hydrogen (secondary N) is 1. The van der Waals surface area contributed by atoms with Gasteiger partial charge in [-0.3, -0.25) is 0 Å². The maximum absolute atomic E-state index is 11.9. The first-order valence-corrected chi connectivity index (χ1v) is 8.24. The number of ether oxygens (including phenoxy) is 2. The summed E-state index contributed by atoms with van der Waals surface area (Å²) in [5.74, 6) is -0.533. The molecule has 138 valence electrons. The second-order valence-corrected chi connectivity index (χ2v) is 5.83. The van der Waals surface area contributed by atoms with Crippen molar-refractivity contribution in [3.05, 3.63) is 41.1 Å². The average Bonchev–Trinajstić information content (AvgIpc) is 2.62. The van der Waals surface area contributed by atoms with Crippen molar-refractivity contribution in [1.82, 2.24) is 5.32 Å². The van der Waals surface area contributed by atoms with E-state index in [0.717, 1.165) is 10.3 Å². The summed E-state index contributed by atoms with van der Waals surface area (Å²) in [7, 11) is 1.26. The molecule has 0 heterocycles. The van der Waals surface area contributed by atoms with Gasteiger partial charge < -0.3 is 20.0 Å². The smallest absolute Gasteiger partial charge is 0.408 e. The number of rotatable bonds is 9. The van der Waals surface area contributed by atoms with Crippen molar-refractivity contribution in [3.63, 3.8) is 0 Å². The molecule has 25 heavy (non-hydrogen) atoms. The second kappa shape index (κ2) is 11.1. The summed E-state index contributed by atoms with van der Waals surface area (Å²) in [6.45, 7) is 3.97. The van der Waals surface area contributed by atoms with Gasteiger partial charge in [-0.15, -0.1) is 0 Å². The van der Waals surface area contributed by atoms with Crippen LogP contribution in [0, 0.1) is 5.21 Å². The van der Waals surface area contributed by atoms with E-state index in [1.807, 2.05) is 30.3 Å². The number of hydroxylamine groups is 1. The summed E-state index contributed by atoms with van der Waals surface area (Å²) in [4.78, 5) is 23.7. The number of nitrogens with zero attached hydrogens (tertiary/aromatic N) is 1. The summed E-state index contributed by atoms with van der Waals surface area (Å²) in [6, 6.07) is 8.46. The summed E-state index contributed by atoms with van der Waals surface area (Å²) in [6.07, 6.45) is 0.916. The molecule has 0 saturated heterocycles. The normalized spacial score (nSPS) is 11.3. The Morgan fingerprint density at radius 3 is 2.48 bits per heavy atom. The molecule has 7 nitrogen and oxygen atoms in total. The Balaban J connectivity index is 2.42. The Kier molecular flexibility index (Phi) is 9.06. The number of unbranched alkanes of at least 4 members (excludes halogenated alkanes) is 1. The summed E-state index contributed by atoms with van der Waals surface area (Å²) in [5.41, 5.74) is 1.54. The van der Waals surface area contributed by atoms with E-state index in [9.17, 15) is 14.8 Å². The Morgan fingerprint density at radius 2 is 1.88 bits per heavy atom. The minimum absolute atomic E-state index is 0.122. The topological polar surface area (TPSA) is 90.7 Å². The van der Waals surface area contributed by atoms with Gasteiger partial charge in [-0.2, -0.15) is 0 Å². The van der Waals surface area contributed by atoms with Crippen molar-refractivity contribution in [2.24, 2.45) is 0 Å². The van der Waals surface area contributed by atoms with E-state index in [-0.39, 0.29) is 6.61 Å². The van der Waals surface area contributed by atoms with Gasteiger partial charge in [0, 0.05) is 20.3 Å². The van der Waals surface area contributed by atoms with Crippen molar-refractivity contribution in [2.75, 3.05) is 13.7 Å². The first kappa shape index (κ1) is 20.5. The molecule has 0 aromatic heterocycles. The molecule has 1 aromatic rings. The van der Waals surface area contributed by atoms with Gasteiger partial charge in [0.05, 0.1) is 7.11 Å². The third-order valence-electron chi connectivity index (χ3n) is 3.59. The Morgan fingerprint density at radius 1 is 1.20 bits per heavy atom. The lowest BCUT2D eigenvalue weighted by atomic mass is 10.1. The van der Waals surface area contributed by atoms with Crippen LogP contribution in [0.25, 0.3) is 0 Å². The minimum Gasteiger partial charge on any atom is -0.624 e. The van der Waals surface area contributed by atoms with E-state index in [0.29, 0.717) is 31.5 Å². The molecule has 1 N–H and O–H groups in total. The fourth-order valence-corrected chi connectivity index (χ4v) is 2.13. The molecule has 0 bridgehead atoms. The molecule has 7 heteroatoms. The molecule has 0 saturated carbocycles. The first-order chi connectivity index (χ1) is 11.9. The zero-order valence-corrected chi connectivity index (χ0v) is 15.0. The Labute approximate surface area is 148 Å². The van der Waals surface area contributed by atoms with E-state index in [2.05, 4.69) is 5.32 Å². The highest BCUT2D eigenvalue weighted by Crippen LogP contribution is 2.05. The van der Waals surface area contributed by atoms with E-state index >= 15 is 0 Å². The average molecular weight is 350 g/mol. The molecule has 0 spiro atoms. The summed E-state index contributed by atoms with van der Waals surface area (Å²) in [5, 5.41) is 14.0. The lowest BCUT2D eigenvalue weighted by molar-refractivity contribution is -0.459. The van der Waals surface area contributed by atoms with Crippen LogP contribution in [0.1, 0.15) is 38.7 Å². The number of esters is 1. The van der Waals surface area contributed by atoms with Crippen molar-refractivity contribution in [3.8, 4) is 0 Å². The van der Waals surface area contributed by atoms with Crippen LogP contribution >= 0.6 is 0 Å². The predicted octanol–water partition coefficient (Wildman–Crippen LogP) is 2.62. The van der Waals surface area contributed by atoms with Crippen LogP contribution < -0.4 is 5.32 Å². The van der Waals surface area contributed by atoms with Gasteiger partial charge in [0.2, 0.25) is 0 Å². The standard InChI is InChI=1S/C18H26N2O5/c1-14(2)20(23)12-8-7-11-16(17(21)24-3)19-18(22)25-13-15-9-5-4-6-10-15/h4-6,9-10,16H,7-8,11-13H2,1-3H3,(H,19,22)/t16-/m1/s1. The van der Waals surface area contributed by atoms with Gasteiger partial charge in [0.15, 0.2) is 12.3 Å². The second-order valence-electron chi connectivity index (χ2n) is 5.83. The molecule has 0 fully saturated rings. The molecule has 0 unspecified atom stereocenters. The number of methoxy groups -OCH3 is 1. The van der Waals surface area contributed by atoms with Gasteiger partial charge in [0.1, 0.15) is 12.6 Å². The molecule has 1 aromatic carbocycles. The number of hydrogen-bond acceptors (Lipinski definition) is 5. The third-order valence-corrected chi connectivity index (χ3v) is 3.59. The largest absolute Gasteiger partial charge is 0.624 e. The number of carbonyl (C=O) groups excluding carboxylic acids is 2. The van der Waals surface area contributed by atoms with Crippen LogP contribution in [0.2, 0.25) is 0 Å². The SMILES string of the molecule is COC(=O)[C@@H](CCCC[N+]([O-])=C(C)C)NC(=O)OCc1ccccc1. The zero-order valence-electron chi connectivity index (χ0n) is 15.0. The molecule has 1 amide bonds. The molecule has 1 atom stereocenters. The first-order valence-electron chi connectivity index (χ1n) is 8.24. The van der Waals surface area contributed by atoms with Crippen LogP contribution in [0.15, 0.2) is 30.3 Å². The van der Waals surface area contributed by atoms with Crippen molar-refractivity contribution < 1.29 is 23.8 Å². The molecular formula is C18H26N2O5. The monoisotopic (exact) mass is 350 g/mol. The number of alkyl carbamates (subject to hydrolysis) is 1. The van der Waals surface area contributed by atoms with Crippen LogP contribution in [0.5, 0.6) is 0 Å². The molecule has 0 radical (unpaired) electrons. The quantitative estimate of drug-likeness (QED) is 0.185. The molecule has 0 aliphatic rings. The maximum atomic E-state index is 11.9. The van der Waals surface area contributed by atoms with Crippen molar-refractivity contribution in [1.29, 1.82) is 0 Å². The zero-order chi connectivity index (χ0) is 18.7. The highest BCUT2D eigenvalue weighted by Gasteiger charge is 2.22. The van der Waals surface area contributed by atoms with Gasteiger partial charge in [0.25, 0.3) is 0 Å². The number of benzene rings is 1. The number of hydrogen-bond donors (Lipinski definition) is 1. The fourth-order valence-electron chi connectivity index (χ4n) is 2.13. The molecule has 0 aliphatic heterocycles. The fraction of sp³-hybridized carbons (Fsp3) is 0.500. The van der Waals surface area contributed by atoms with Gasteiger partial charge in [-0.1, -0.05) is 30.3 Å². The highest BCUT2D eigenvalue weighted by atomic mass is 16.6. The van der Waals surface area contributed by atoms with Crippen molar-refractivity contribution >= 4 is 17.8 Å². The Hall–Kier alpha value is -2.57. The Bertz CT molecular complexity index is 582. The third kappa shape index (κ3) is 8.19. The maximum Gasteiger partial charge on any atom is 0.408 e. The predicted molar refractivity (Wildman–Crippen MR) is 94.3 cm³/mol. The van der Waals surface area contributed by atoms with E-state index in [1.54, 1.807) is 13.8 Å². The molecule has 1 rings (SSSR count).